The van der Waals surface area contributed by atoms with E-state index < -0.39 is 6.04 Å². The molecule has 114 valence electrons. The lowest BCUT2D eigenvalue weighted by Crippen LogP contribution is -2.42. The Morgan fingerprint density at radius 2 is 2.05 bits per heavy atom. The van der Waals surface area contributed by atoms with Crippen molar-refractivity contribution >= 4 is 23.6 Å². The number of benzene rings is 1. The van der Waals surface area contributed by atoms with Gasteiger partial charge in [-0.3, -0.25) is 4.79 Å². The van der Waals surface area contributed by atoms with Crippen LogP contribution in [0.3, 0.4) is 0 Å². The minimum Gasteiger partial charge on any atom is -0.497 e. The second-order valence-electron chi connectivity index (χ2n) is 4.69. The van der Waals surface area contributed by atoms with Crippen molar-refractivity contribution in [3.05, 3.63) is 29.8 Å². The Kier molecular flexibility index (Phi) is 5.50. The van der Waals surface area contributed by atoms with Crippen LogP contribution in [0.5, 0.6) is 5.75 Å². The lowest BCUT2D eigenvalue weighted by molar-refractivity contribution is -0.147. The third kappa shape index (κ3) is 3.69. The van der Waals surface area contributed by atoms with Crippen LogP contribution in [0, 0.1) is 0 Å². The van der Waals surface area contributed by atoms with Gasteiger partial charge in [0.1, 0.15) is 11.8 Å². The normalized spacial score (nSPS) is 17.6. The van der Waals surface area contributed by atoms with Gasteiger partial charge in [0.25, 0.3) is 5.91 Å². The van der Waals surface area contributed by atoms with Crippen molar-refractivity contribution in [2.24, 2.45) is 0 Å². The Balaban J connectivity index is 2.07. The summed E-state index contributed by atoms with van der Waals surface area (Å²) in [6.07, 6.45) is 0.776. The minimum atomic E-state index is -0.490. The summed E-state index contributed by atoms with van der Waals surface area (Å²) in [5.41, 5.74) is 0.548. The van der Waals surface area contributed by atoms with Crippen LogP contribution in [-0.4, -0.2) is 48.2 Å². The van der Waals surface area contributed by atoms with Gasteiger partial charge < -0.3 is 14.4 Å². The lowest BCUT2D eigenvalue weighted by Gasteiger charge is -2.22. The molecule has 0 aromatic heterocycles. The van der Waals surface area contributed by atoms with Crippen LogP contribution in [0.2, 0.25) is 0 Å². The summed E-state index contributed by atoms with van der Waals surface area (Å²) in [4.78, 5) is 26.1. The molecule has 0 spiro atoms. The molecule has 0 radical (unpaired) electrons. The Morgan fingerprint density at radius 1 is 1.33 bits per heavy atom. The Bertz CT molecular complexity index is 503. The second-order valence-corrected chi connectivity index (χ2v) is 5.69. The monoisotopic (exact) mass is 309 g/mol. The molecule has 2 rings (SSSR count). The molecule has 1 aliphatic heterocycles. The molecule has 1 aliphatic rings. The zero-order chi connectivity index (χ0) is 15.2. The van der Waals surface area contributed by atoms with Crippen molar-refractivity contribution in [1.82, 2.24) is 4.90 Å². The second kappa shape index (κ2) is 7.36. The number of esters is 1. The van der Waals surface area contributed by atoms with Crippen LogP contribution >= 0.6 is 11.8 Å². The van der Waals surface area contributed by atoms with Gasteiger partial charge in [0, 0.05) is 11.3 Å². The number of hydrogen-bond acceptors (Lipinski definition) is 5. The summed E-state index contributed by atoms with van der Waals surface area (Å²) in [6.45, 7) is 2.33. The first-order valence-corrected chi connectivity index (χ1v) is 8.02. The van der Waals surface area contributed by atoms with Crippen LogP contribution in [-0.2, 0) is 9.53 Å². The van der Waals surface area contributed by atoms with E-state index >= 15 is 0 Å². The highest BCUT2D eigenvalue weighted by atomic mass is 32.2. The molecule has 5 nitrogen and oxygen atoms in total. The van der Waals surface area contributed by atoms with Crippen LogP contribution in [0.4, 0.5) is 0 Å². The molecular weight excluding hydrogens is 290 g/mol. The smallest absolute Gasteiger partial charge is 0.329 e. The molecule has 1 heterocycles. The molecule has 1 saturated heterocycles. The summed E-state index contributed by atoms with van der Waals surface area (Å²) < 4.78 is 10.2. The molecule has 0 bridgehead atoms. The fourth-order valence-corrected chi connectivity index (χ4v) is 3.17. The summed E-state index contributed by atoms with van der Waals surface area (Å²) in [6, 6.07) is 6.40. The van der Waals surface area contributed by atoms with Crippen molar-refractivity contribution in [1.29, 1.82) is 0 Å². The van der Waals surface area contributed by atoms with Crippen LogP contribution in [0.15, 0.2) is 24.3 Å². The Hall–Kier alpha value is -1.69. The van der Waals surface area contributed by atoms with E-state index in [-0.39, 0.29) is 11.9 Å². The molecule has 0 aliphatic carbocycles. The first-order chi connectivity index (χ1) is 10.2. The molecule has 1 aromatic rings. The zero-order valence-electron chi connectivity index (χ0n) is 12.2. The Labute approximate surface area is 128 Å². The number of carbonyl (C=O) groups excluding carboxylic acids is 2. The molecule has 1 amide bonds. The first-order valence-electron chi connectivity index (χ1n) is 6.86. The number of ether oxygens (including phenoxy) is 2. The highest BCUT2D eigenvalue weighted by Crippen LogP contribution is 2.24. The average molecular weight is 309 g/mol. The molecule has 0 N–H and O–H groups in total. The highest BCUT2D eigenvalue weighted by Gasteiger charge is 2.36. The highest BCUT2D eigenvalue weighted by molar-refractivity contribution is 7.99. The molecule has 1 fully saturated rings. The van der Waals surface area contributed by atoms with Crippen LogP contribution in [0.25, 0.3) is 0 Å². The predicted octanol–water partition coefficient (Wildman–Crippen LogP) is 2.16. The number of hydrogen-bond donors (Lipinski definition) is 0. The van der Waals surface area contributed by atoms with Crippen LogP contribution < -0.4 is 4.74 Å². The maximum atomic E-state index is 12.5. The van der Waals surface area contributed by atoms with Gasteiger partial charge in [0.05, 0.1) is 19.6 Å². The zero-order valence-corrected chi connectivity index (χ0v) is 13.0. The van der Waals surface area contributed by atoms with Gasteiger partial charge in [0.2, 0.25) is 0 Å². The van der Waals surface area contributed by atoms with Gasteiger partial charge in [-0.15, -0.1) is 11.8 Å². The lowest BCUT2D eigenvalue weighted by atomic mass is 10.1. The van der Waals surface area contributed by atoms with Crippen molar-refractivity contribution in [2.75, 3.05) is 25.3 Å². The number of carbonyl (C=O) groups is 2. The maximum Gasteiger partial charge on any atom is 0.329 e. The first kappa shape index (κ1) is 15.7. The minimum absolute atomic E-state index is 0.152. The van der Waals surface area contributed by atoms with Crippen molar-refractivity contribution in [3.63, 3.8) is 0 Å². The summed E-state index contributed by atoms with van der Waals surface area (Å²) in [7, 11) is 1.58. The summed E-state index contributed by atoms with van der Waals surface area (Å²) >= 11 is 1.56. The van der Waals surface area contributed by atoms with Gasteiger partial charge in [-0.05, 0) is 30.7 Å². The quantitative estimate of drug-likeness (QED) is 0.780. The van der Waals surface area contributed by atoms with Gasteiger partial charge in [-0.1, -0.05) is 6.92 Å². The number of nitrogens with zero attached hydrogens (tertiary/aromatic N) is 1. The van der Waals surface area contributed by atoms with E-state index in [1.54, 1.807) is 48.0 Å². The van der Waals surface area contributed by atoms with E-state index in [0.29, 0.717) is 29.5 Å². The fourth-order valence-electron chi connectivity index (χ4n) is 2.04. The third-order valence-electron chi connectivity index (χ3n) is 3.20. The standard InChI is InChI=1S/C15H19NO4S/c1-3-8-20-15(18)13-9-21-10-16(13)14(17)11-4-6-12(19-2)7-5-11/h4-7,13H,3,8-10H2,1-2H3. The SMILES string of the molecule is CCCOC(=O)C1CSCN1C(=O)c1ccc(OC)cc1. The summed E-state index contributed by atoms with van der Waals surface area (Å²) in [5.74, 6) is 1.33. The van der Waals surface area contributed by atoms with Crippen molar-refractivity contribution in [2.45, 2.75) is 19.4 Å². The largest absolute Gasteiger partial charge is 0.497 e. The number of methoxy groups -OCH3 is 1. The molecule has 1 atom stereocenters. The van der Waals surface area contributed by atoms with E-state index in [1.165, 1.54) is 0 Å². The summed E-state index contributed by atoms with van der Waals surface area (Å²) in [5, 5.41) is 0. The van der Waals surface area contributed by atoms with Gasteiger partial charge in [-0.2, -0.15) is 0 Å². The molecule has 0 saturated carbocycles. The van der Waals surface area contributed by atoms with Gasteiger partial charge in [-0.25, -0.2) is 4.79 Å². The third-order valence-corrected chi connectivity index (χ3v) is 4.21. The maximum absolute atomic E-state index is 12.5. The van der Waals surface area contributed by atoms with E-state index in [2.05, 4.69) is 0 Å². The average Bonchev–Trinajstić information content (AvgIpc) is 3.01. The van der Waals surface area contributed by atoms with E-state index in [0.717, 1.165) is 6.42 Å². The van der Waals surface area contributed by atoms with Gasteiger partial charge >= 0.3 is 5.97 Å². The number of amides is 1. The molecular formula is C15H19NO4S. The van der Waals surface area contributed by atoms with E-state index in [9.17, 15) is 9.59 Å². The topological polar surface area (TPSA) is 55.8 Å². The Morgan fingerprint density at radius 3 is 2.67 bits per heavy atom. The van der Waals surface area contributed by atoms with E-state index in [1.807, 2.05) is 6.92 Å². The van der Waals surface area contributed by atoms with Crippen LogP contribution in [0.1, 0.15) is 23.7 Å². The molecule has 1 unspecified atom stereocenters. The van der Waals surface area contributed by atoms with Crippen molar-refractivity contribution in [3.8, 4) is 5.75 Å². The van der Waals surface area contributed by atoms with Crippen molar-refractivity contribution < 1.29 is 19.1 Å². The van der Waals surface area contributed by atoms with E-state index in [4.69, 9.17) is 9.47 Å². The van der Waals surface area contributed by atoms with Gasteiger partial charge in [0.15, 0.2) is 0 Å². The molecule has 6 heteroatoms. The molecule has 1 aromatic carbocycles. The number of rotatable bonds is 5. The fraction of sp³-hybridized carbons (Fsp3) is 0.467. The predicted molar refractivity (Wildman–Crippen MR) is 81.5 cm³/mol. The number of thioether (sulfide) groups is 1. The molecule has 21 heavy (non-hydrogen) atoms.